The first kappa shape index (κ1) is 8.07. The molecule has 0 aliphatic heterocycles. The topological polar surface area (TPSA) is 46.3 Å². The fourth-order valence-electron chi connectivity index (χ4n) is 0.688. The van der Waals surface area contributed by atoms with Crippen molar-refractivity contribution >= 4 is 22.2 Å². The highest BCUT2D eigenvalue weighted by Crippen LogP contribution is 2.18. The number of nitrogen functional groups attached to an aromatic ring is 1. The van der Waals surface area contributed by atoms with Crippen LogP contribution < -0.4 is 5.73 Å². The lowest BCUT2D eigenvalue weighted by atomic mass is 10.4. The van der Waals surface area contributed by atoms with E-state index < -0.39 is 0 Å². The first-order valence-corrected chi connectivity index (χ1v) is 4.00. The molecule has 0 saturated heterocycles. The number of thiophene rings is 1. The Morgan fingerprint density at radius 1 is 1.55 bits per heavy atom. The predicted molar refractivity (Wildman–Crippen MR) is 46.7 cm³/mol. The number of hydrogen-bond donors (Lipinski definition) is 1. The summed E-state index contributed by atoms with van der Waals surface area (Å²) in [6.07, 6.45) is 0. The standard InChI is InChI=1S/C7H10N2OS/c1-9(2)7(10)5-3-4-6(8)11-5/h3-4H,8H2,1-2H3. The smallest absolute Gasteiger partial charge is 0.263 e. The van der Waals surface area contributed by atoms with Gasteiger partial charge in [0.2, 0.25) is 0 Å². The Morgan fingerprint density at radius 2 is 2.18 bits per heavy atom. The molecule has 2 N–H and O–H groups in total. The van der Waals surface area contributed by atoms with Crippen molar-refractivity contribution in [2.45, 2.75) is 0 Å². The van der Waals surface area contributed by atoms with E-state index in [1.165, 1.54) is 16.2 Å². The fourth-order valence-corrected chi connectivity index (χ4v) is 1.48. The number of nitrogens with two attached hydrogens (primary N) is 1. The Hall–Kier alpha value is -1.03. The monoisotopic (exact) mass is 170 g/mol. The second-order valence-electron chi connectivity index (χ2n) is 2.40. The van der Waals surface area contributed by atoms with Gasteiger partial charge < -0.3 is 10.6 Å². The lowest BCUT2D eigenvalue weighted by Gasteiger charge is -2.06. The summed E-state index contributed by atoms with van der Waals surface area (Å²) in [5, 5.41) is 0.676. The van der Waals surface area contributed by atoms with Crippen molar-refractivity contribution in [3.05, 3.63) is 17.0 Å². The van der Waals surface area contributed by atoms with Crippen LogP contribution in [0, 0.1) is 0 Å². The Balaban J connectivity index is 2.85. The van der Waals surface area contributed by atoms with Gasteiger partial charge >= 0.3 is 0 Å². The zero-order chi connectivity index (χ0) is 8.43. The molecule has 0 aromatic carbocycles. The van der Waals surface area contributed by atoms with Crippen LogP contribution in [0.3, 0.4) is 0 Å². The summed E-state index contributed by atoms with van der Waals surface area (Å²) < 4.78 is 0. The molecule has 3 nitrogen and oxygen atoms in total. The van der Waals surface area contributed by atoms with Crippen molar-refractivity contribution in [3.8, 4) is 0 Å². The highest BCUT2D eigenvalue weighted by Gasteiger charge is 2.08. The first-order chi connectivity index (χ1) is 5.11. The van der Waals surface area contributed by atoms with E-state index in [4.69, 9.17) is 5.73 Å². The summed E-state index contributed by atoms with van der Waals surface area (Å²) >= 11 is 1.31. The molecule has 60 valence electrons. The summed E-state index contributed by atoms with van der Waals surface area (Å²) in [7, 11) is 3.44. The van der Waals surface area contributed by atoms with Crippen LogP contribution in [0.15, 0.2) is 12.1 Å². The minimum Gasteiger partial charge on any atom is -0.391 e. The van der Waals surface area contributed by atoms with Crippen LogP contribution in [0.25, 0.3) is 0 Å². The molecule has 0 bridgehead atoms. The molecular formula is C7H10N2OS. The molecule has 1 aromatic rings. The quantitative estimate of drug-likeness (QED) is 0.684. The minimum atomic E-state index is 0.00620. The molecule has 11 heavy (non-hydrogen) atoms. The van der Waals surface area contributed by atoms with Crippen LogP contribution in [0.2, 0.25) is 0 Å². The van der Waals surface area contributed by atoms with Crippen molar-refractivity contribution in [2.75, 3.05) is 19.8 Å². The molecule has 4 heteroatoms. The fraction of sp³-hybridized carbons (Fsp3) is 0.286. The SMILES string of the molecule is CN(C)C(=O)c1ccc(N)s1. The lowest BCUT2D eigenvalue weighted by molar-refractivity contribution is 0.0832. The number of carbonyl (C=O) groups is 1. The van der Waals surface area contributed by atoms with Gasteiger partial charge in [-0.25, -0.2) is 0 Å². The van der Waals surface area contributed by atoms with E-state index in [9.17, 15) is 4.79 Å². The highest BCUT2D eigenvalue weighted by molar-refractivity contribution is 7.17. The van der Waals surface area contributed by atoms with E-state index >= 15 is 0 Å². The molecule has 0 atom stereocenters. The largest absolute Gasteiger partial charge is 0.391 e. The first-order valence-electron chi connectivity index (χ1n) is 3.18. The van der Waals surface area contributed by atoms with Crippen molar-refractivity contribution in [3.63, 3.8) is 0 Å². The average molecular weight is 170 g/mol. The number of amides is 1. The van der Waals surface area contributed by atoms with Crippen LogP contribution in [0.5, 0.6) is 0 Å². The van der Waals surface area contributed by atoms with Crippen molar-refractivity contribution in [2.24, 2.45) is 0 Å². The van der Waals surface area contributed by atoms with Gasteiger partial charge in [0.25, 0.3) is 5.91 Å². The van der Waals surface area contributed by atoms with Gasteiger partial charge in [-0.05, 0) is 12.1 Å². The van der Waals surface area contributed by atoms with E-state index in [1.807, 2.05) is 0 Å². The number of carbonyl (C=O) groups excluding carboxylic acids is 1. The van der Waals surface area contributed by atoms with Crippen LogP contribution in [-0.2, 0) is 0 Å². The van der Waals surface area contributed by atoms with Gasteiger partial charge in [-0.2, -0.15) is 0 Å². The summed E-state index contributed by atoms with van der Waals surface area (Å²) in [5.74, 6) is 0.00620. The minimum absolute atomic E-state index is 0.00620. The van der Waals surface area contributed by atoms with Crippen LogP contribution in [0.4, 0.5) is 5.00 Å². The third-order valence-corrected chi connectivity index (χ3v) is 2.15. The number of rotatable bonds is 1. The Bertz CT molecular complexity index is 267. The van der Waals surface area contributed by atoms with Crippen molar-refractivity contribution in [1.29, 1.82) is 0 Å². The van der Waals surface area contributed by atoms with E-state index in [1.54, 1.807) is 26.2 Å². The summed E-state index contributed by atoms with van der Waals surface area (Å²) in [4.78, 5) is 13.5. The predicted octanol–water partition coefficient (Wildman–Crippen LogP) is 1.03. The third-order valence-electron chi connectivity index (χ3n) is 1.24. The van der Waals surface area contributed by atoms with Gasteiger partial charge in [0.1, 0.15) is 0 Å². The molecule has 0 spiro atoms. The Labute approximate surface area is 69.4 Å². The third kappa shape index (κ3) is 1.71. The van der Waals surface area contributed by atoms with Crippen molar-refractivity contribution in [1.82, 2.24) is 4.90 Å². The Kier molecular flexibility index (Phi) is 2.14. The van der Waals surface area contributed by atoms with E-state index in [2.05, 4.69) is 0 Å². The number of anilines is 1. The second kappa shape index (κ2) is 2.92. The maximum Gasteiger partial charge on any atom is 0.263 e. The maximum absolute atomic E-state index is 11.2. The molecule has 1 heterocycles. The molecule has 1 aromatic heterocycles. The van der Waals surface area contributed by atoms with Crippen molar-refractivity contribution < 1.29 is 4.79 Å². The molecule has 0 unspecified atom stereocenters. The average Bonchev–Trinajstić information content (AvgIpc) is 2.34. The van der Waals surface area contributed by atoms with Crippen LogP contribution >= 0.6 is 11.3 Å². The molecule has 0 radical (unpaired) electrons. The van der Waals surface area contributed by atoms with Gasteiger partial charge in [0, 0.05) is 14.1 Å². The number of nitrogens with zero attached hydrogens (tertiary/aromatic N) is 1. The Morgan fingerprint density at radius 3 is 2.55 bits per heavy atom. The zero-order valence-corrected chi connectivity index (χ0v) is 7.31. The lowest BCUT2D eigenvalue weighted by Crippen LogP contribution is -2.20. The molecule has 1 rings (SSSR count). The van der Waals surface area contributed by atoms with Crippen LogP contribution in [-0.4, -0.2) is 24.9 Å². The van der Waals surface area contributed by atoms with E-state index in [0.29, 0.717) is 9.88 Å². The maximum atomic E-state index is 11.2. The molecule has 0 aliphatic rings. The van der Waals surface area contributed by atoms with Gasteiger partial charge in [0.05, 0.1) is 9.88 Å². The molecule has 1 amide bonds. The summed E-state index contributed by atoms with van der Waals surface area (Å²) in [6, 6.07) is 3.48. The second-order valence-corrected chi connectivity index (χ2v) is 3.52. The molecule has 0 fully saturated rings. The zero-order valence-electron chi connectivity index (χ0n) is 6.50. The normalized spacial score (nSPS) is 9.64. The van der Waals surface area contributed by atoms with E-state index in [0.717, 1.165) is 0 Å². The van der Waals surface area contributed by atoms with Gasteiger partial charge in [-0.15, -0.1) is 11.3 Å². The summed E-state index contributed by atoms with van der Waals surface area (Å²) in [6.45, 7) is 0. The number of hydrogen-bond acceptors (Lipinski definition) is 3. The van der Waals surface area contributed by atoms with E-state index in [-0.39, 0.29) is 5.91 Å². The van der Waals surface area contributed by atoms with Crippen LogP contribution in [0.1, 0.15) is 9.67 Å². The van der Waals surface area contributed by atoms with Gasteiger partial charge in [-0.3, -0.25) is 4.79 Å². The highest BCUT2D eigenvalue weighted by atomic mass is 32.1. The molecule has 0 saturated carbocycles. The molecular weight excluding hydrogens is 160 g/mol. The summed E-state index contributed by atoms with van der Waals surface area (Å²) in [5.41, 5.74) is 5.46. The van der Waals surface area contributed by atoms with Gasteiger partial charge in [0.15, 0.2) is 0 Å². The van der Waals surface area contributed by atoms with Gasteiger partial charge in [-0.1, -0.05) is 0 Å². The molecule has 0 aliphatic carbocycles.